The fourth-order valence-corrected chi connectivity index (χ4v) is 4.91. The quantitative estimate of drug-likeness (QED) is 0.795. The summed E-state index contributed by atoms with van der Waals surface area (Å²) in [5, 5.41) is 7.35. The fourth-order valence-electron chi connectivity index (χ4n) is 3.55. The molecule has 1 fully saturated rings. The molecular formula is C21H23N3O2S. The zero-order chi connectivity index (χ0) is 18.7. The number of hydrazone groups is 1. The largest absolute Gasteiger partial charge is 0.379 e. The van der Waals surface area contributed by atoms with Crippen molar-refractivity contribution in [2.75, 3.05) is 31.3 Å². The Bertz CT molecular complexity index is 822. The molecule has 2 aromatic carbocycles. The summed E-state index contributed by atoms with van der Waals surface area (Å²) in [5.74, 6) is 0.00382. The van der Waals surface area contributed by atoms with Crippen LogP contribution in [0.15, 0.2) is 65.8 Å². The molecule has 4 rings (SSSR count). The molecule has 0 aromatic heterocycles. The topological polar surface area (TPSA) is 45.1 Å². The van der Waals surface area contributed by atoms with E-state index in [1.54, 1.807) is 18.7 Å². The van der Waals surface area contributed by atoms with Gasteiger partial charge in [-0.25, -0.2) is 5.01 Å². The Morgan fingerprint density at radius 2 is 1.70 bits per heavy atom. The van der Waals surface area contributed by atoms with Crippen molar-refractivity contribution in [3.8, 4) is 0 Å². The van der Waals surface area contributed by atoms with Crippen LogP contribution in [0.25, 0.3) is 0 Å². The smallest absolute Gasteiger partial charge is 0.186 e. The van der Waals surface area contributed by atoms with Crippen LogP contribution in [0.1, 0.15) is 12.5 Å². The van der Waals surface area contributed by atoms with Gasteiger partial charge in [0.15, 0.2) is 15.8 Å². The van der Waals surface area contributed by atoms with Crippen molar-refractivity contribution in [3.05, 3.63) is 66.2 Å². The number of hydrogen-bond acceptors (Lipinski definition) is 6. The minimum absolute atomic E-state index is 0.00382. The van der Waals surface area contributed by atoms with Gasteiger partial charge >= 0.3 is 0 Å². The van der Waals surface area contributed by atoms with Crippen molar-refractivity contribution in [2.45, 2.75) is 18.3 Å². The van der Waals surface area contributed by atoms with Crippen LogP contribution in [0.3, 0.4) is 0 Å². The molecule has 2 aliphatic heterocycles. The Morgan fingerprint density at radius 1 is 1.07 bits per heavy atom. The summed E-state index contributed by atoms with van der Waals surface area (Å²) in [7, 11) is 0. The molecule has 0 spiro atoms. The number of benzene rings is 2. The molecule has 1 saturated heterocycles. The molecule has 140 valence electrons. The predicted octanol–water partition coefficient (Wildman–Crippen LogP) is 3.37. The van der Waals surface area contributed by atoms with Crippen LogP contribution < -0.4 is 5.01 Å². The van der Waals surface area contributed by atoms with Crippen molar-refractivity contribution in [3.63, 3.8) is 0 Å². The standard InChI is InChI=1S/C21H23N3O2S/c1-17(25)20-22-24(19-10-6-3-7-11-19)21(27-20,23-12-14-26-15-13-23)16-18-8-4-2-5-9-18/h2-11H,12-16H2,1H3. The van der Waals surface area contributed by atoms with Crippen LogP contribution in [0.2, 0.25) is 0 Å². The second-order valence-electron chi connectivity index (χ2n) is 6.72. The van der Waals surface area contributed by atoms with Crippen molar-refractivity contribution in [1.82, 2.24) is 4.90 Å². The van der Waals surface area contributed by atoms with Crippen LogP contribution in [0.5, 0.6) is 0 Å². The lowest BCUT2D eigenvalue weighted by atomic mass is 10.1. The number of nitrogens with zero attached hydrogens (tertiary/aromatic N) is 3. The number of ether oxygens (including phenoxy) is 1. The number of ketones is 1. The molecule has 5 nitrogen and oxygen atoms in total. The van der Waals surface area contributed by atoms with Gasteiger partial charge < -0.3 is 4.74 Å². The molecule has 0 aliphatic carbocycles. The lowest BCUT2D eigenvalue weighted by molar-refractivity contribution is -0.110. The number of hydrogen-bond donors (Lipinski definition) is 0. The van der Waals surface area contributed by atoms with E-state index in [1.165, 1.54) is 5.56 Å². The second-order valence-corrected chi connectivity index (χ2v) is 7.96. The van der Waals surface area contributed by atoms with Crippen LogP contribution >= 0.6 is 11.8 Å². The molecule has 27 heavy (non-hydrogen) atoms. The molecule has 0 N–H and O–H groups in total. The maximum Gasteiger partial charge on any atom is 0.186 e. The van der Waals surface area contributed by atoms with Gasteiger partial charge in [0.2, 0.25) is 0 Å². The number of para-hydroxylation sites is 1. The van der Waals surface area contributed by atoms with Gasteiger partial charge in [0.05, 0.1) is 18.9 Å². The van der Waals surface area contributed by atoms with Crippen LogP contribution in [-0.2, 0) is 16.0 Å². The average Bonchev–Trinajstić information content (AvgIpc) is 3.11. The van der Waals surface area contributed by atoms with E-state index in [1.807, 2.05) is 41.4 Å². The lowest BCUT2D eigenvalue weighted by Crippen LogP contribution is -2.59. The minimum atomic E-state index is -0.479. The van der Waals surface area contributed by atoms with E-state index in [-0.39, 0.29) is 5.78 Å². The number of rotatable bonds is 5. The van der Waals surface area contributed by atoms with Crippen LogP contribution in [0, 0.1) is 0 Å². The van der Waals surface area contributed by atoms with Gasteiger partial charge in [-0.05, 0) is 17.7 Å². The molecule has 2 heterocycles. The number of thioether (sulfide) groups is 1. The third-order valence-corrected chi connectivity index (χ3v) is 6.33. The summed E-state index contributed by atoms with van der Waals surface area (Å²) >= 11 is 1.57. The monoisotopic (exact) mass is 381 g/mol. The van der Waals surface area contributed by atoms with Gasteiger partial charge in [0.1, 0.15) is 0 Å². The first-order valence-corrected chi connectivity index (χ1v) is 10.0. The predicted molar refractivity (Wildman–Crippen MR) is 110 cm³/mol. The Balaban J connectivity index is 1.80. The third-order valence-electron chi connectivity index (χ3n) is 4.87. The molecule has 2 aliphatic rings. The number of anilines is 1. The Labute approximate surface area is 164 Å². The zero-order valence-electron chi connectivity index (χ0n) is 15.4. The highest BCUT2D eigenvalue weighted by Gasteiger charge is 2.50. The van der Waals surface area contributed by atoms with Crippen molar-refractivity contribution in [1.29, 1.82) is 0 Å². The first-order chi connectivity index (χ1) is 13.2. The Hall–Kier alpha value is -2.15. The van der Waals surface area contributed by atoms with E-state index >= 15 is 0 Å². The molecule has 0 bridgehead atoms. The van der Waals surface area contributed by atoms with Crippen LogP contribution in [0.4, 0.5) is 5.69 Å². The number of Topliss-reactive ketones (excluding diaryl/α,β-unsaturated/α-hetero) is 1. The first-order valence-electron chi connectivity index (χ1n) is 9.20. The van der Waals surface area contributed by atoms with Gasteiger partial charge in [-0.1, -0.05) is 60.3 Å². The molecular weight excluding hydrogens is 358 g/mol. The third kappa shape index (κ3) is 3.65. The summed E-state index contributed by atoms with van der Waals surface area (Å²) in [6, 6.07) is 20.5. The number of carbonyl (C=O) groups is 1. The van der Waals surface area contributed by atoms with Gasteiger partial charge in [0, 0.05) is 26.4 Å². The van der Waals surface area contributed by atoms with Gasteiger partial charge in [-0.3, -0.25) is 9.69 Å². The second kappa shape index (κ2) is 7.84. The summed E-state index contributed by atoms with van der Waals surface area (Å²) < 4.78 is 5.60. The van der Waals surface area contributed by atoms with Gasteiger partial charge in [-0.15, -0.1) is 0 Å². The molecule has 2 aromatic rings. The highest BCUT2D eigenvalue weighted by molar-refractivity contribution is 8.17. The van der Waals surface area contributed by atoms with E-state index in [9.17, 15) is 4.79 Å². The summed E-state index contributed by atoms with van der Waals surface area (Å²) in [6.07, 6.45) is 0.758. The molecule has 0 radical (unpaired) electrons. The van der Waals surface area contributed by atoms with Crippen molar-refractivity contribution >= 4 is 28.3 Å². The highest BCUT2D eigenvalue weighted by atomic mass is 32.2. The minimum Gasteiger partial charge on any atom is -0.379 e. The molecule has 1 atom stereocenters. The summed E-state index contributed by atoms with van der Waals surface area (Å²) in [6.45, 7) is 4.59. The number of carbonyl (C=O) groups excluding carboxylic acids is 1. The van der Waals surface area contributed by atoms with E-state index in [0.717, 1.165) is 25.2 Å². The summed E-state index contributed by atoms with van der Waals surface area (Å²) in [4.78, 5) is 14.1. The molecule has 1 unspecified atom stereocenters. The van der Waals surface area contributed by atoms with E-state index in [4.69, 9.17) is 9.84 Å². The van der Waals surface area contributed by atoms with Crippen molar-refractivity contribution < 1.29 is 9.53 Å². The van der Waals surface area contributed by atoms with Crippen LogP contribution in [-0.4, -0.2) is 47.0 Å². The zero-order valence-corrected chi connectivity index (χ0v) is 16.2. The normalized spacial score (nSPS) is 23.3. The molecule has 0 saturated carbocycles. The average molecular weight is 382 g/mol. The van der Waals surface area contributed by atoms with E-state index in [0.29, 0.717) is 18.3 Å². The van der Waals surface area contributed by atoms with Gasteiger partial charge in [-0.2, -0.15) is 5.10 Å². The first kappa shape index (κ1) is 18.2. The maximum atomic E-state index is 12.2. The van der Waals surface area contributed by atoms with E-state index in [2.05, 4.69) is 29.2 Å². The molecule has 6 heteroatoms. The Kier molecular flexibility index (Phi) is 5.29. The number of morpholine rings is 1. The lowest BCUT2D eigenvalue weighted by Gasteiger charge is -2.46. The Morgan fingerprint density at radius 3 is 2.33 bits per heavy atom. The van der Waals surface area contributed by atoms with Gasteiger partial charge in [0.25, 0.3) is 0 Å². The molecule has 0 amide bonds. The van der Waals surface area contributed by atoms with Crippen molar-refractivity contribution in [2.24, 2.45) is 5.10 Å². The van der Waals surface area contributed by atoms with E-state index < -0.39 is 4.99 Å². The summed E-state index contributed by atoms with van der Waals surface area (Å²) in [5.41, 5.74) is 2.21. The maximum absolute atomic E-state index is 12.2. The SMILES string of the molecule is CC(=O)C1=NN(c2ccccc2)C(Cc2ccccc2)(N2CCOCC2)S1. The highest BCUT2D eigenvalue weighted by Crippen LogP contribution is 2.45. The fraction of sp³-hybridized carbons (Fsp3) is 0.333.